The van der Waals surface area contributed by atoms with Gasteiger partial charge in [0, 0.05) is 0 Å². The fourth-order valence-corrected chi connectivity index (χ4v) is 2.18. The van der Waals surface area contributed by atoms with Crippen molar-refractivity contribution >= 4 is 18.1 Å². The number of hydrogen-bond acceptors (Lipinski definition) is 5. The van der Waals surface area contributed by atoms with Gasteiger partial charge in [0.25, 0.3) is 0 Å². The Bertz CT molecular complexity index is 946. The number of nitrogens with one attached hydrogen (secondary N) is 1. The quantitative estimate of drug-likeness (QED) is 0.495. The smallest absolute Gasteiger partial charge is 0.335 e. The van der Waals surface area contributed by atoms with Gasteiger partial charge in [-0.05, 0) is 42.0 Å². The van der Waals surface area contributed by atoms with Crippen LogP contribution in [0.25, 0.3) is 0 Å². The number of para-hydroxylation sites is 1. The highest BCUT2D eigenvalue weighted by molar-refractivity contribution is 5.92. The van der Waals surface area contributed by atoms with Crippen molar-refractivity contribution in [3.05, 3.63) is 89.4 Å². The first-order chi connectivity index (χ1) is 13.1. The SMILES string of the molecule is O=C(O)c1ccc(/C=N\NC(=O)c2ccc(COc3ccccc3)o2)cc1. The molecule has 7 nitrogen and oxygen atoms in total. The number of furan rings is 1. The van der Waals surface area contributed by atoms with Crippen LogP contribution in [0, 0.1) is 0 Å². The largest absolute Gasteiger partial charge is 0.486 e. The van der Waals surface area contributed by atoms with Crippen LogP contribution in [0.1, 0.15) is 32.2 Å². The molecule has 1 heterocycles. The van der Waals surface area contributed by atoms with E-state index in [4.69, 9.17) is 14.3 Å². The molecule has 3 aromatic rings. The Labute approximate surface area is 154 Å². The molecular weight excluding hydrogens is 348 g/mol. The molecule has 0 aliphatic heterocycles. The zero-order chi connectivity index (χ0) is 19.1. The molecule has 0 saturated carbocycles. The standard InChI is InChI=1S/C20H16N2O5/c23-19(22-21-12-14-6-8-15(9-7-14)20(24)25)18-11-10-17(27-18)13-26-16-4-2-1-3-5-16/h1-12H,13H2,(H,22,23)(H,24,25)/b21-12-. The number of ether oxygens (including phenoxy) is 1. The number of carbonyl (C=O) groups is 2. The number of hydrogen-bond donors (Lipinski definition) is 2. The fourth-order valence-electron chi connectivity index (χ4n) is 2.18. The highest BCUT2D eigenvalue weighted by Crippen LogP contribution is 2.14. The van der Waals surface area contributed by atoms with Crippen molar-refractivity contribution in [2.45, 2.75) is 6.61 Å². The first-order valence-corrected chi connectivity index (χ1v) is 8.05. The van der Waals surface area contributed by atoms with E-state index in [0.29, 0.717) is 17.1 Å². The summed E-state index contributed by atoms with van der Waals surface area (Å²) < 4.78 is 11.0. The molecule has 0 saturated heterocycles. The number of carboxylic acid groups (broad SMARTS) is 1. The second kappa shape index (κ2) is 8.48. The monoisotopic (exact) mass is 364 g/mol. The van der Waals surface area contributed by atoms with E-state index in [-0.39, 0.29) is 17.9 Å². The number of hydrazone groups is 1. The molecule has 1 aromatic heterocycles. The van der Waals surface area contributed by atoms with Gasteiger partial charge in [-0.2, -0.15) is 5.10 Å². The third-order valence-corrected chi connectivity index (χ3v) is 3.55. The third-order valence-electron chi connectivity index (χ3n) is 3.55. The summed E-state index contributed by atoms with van der Waals surface area (Å²) in [7, 11) is 0. The van der Waals surface area contributed by atoms with Crippen molar-refractivity contribution in [1.29, 1.82) is 0 Å². The number of carbonyl (C=O) groups excluding carboxylic acids is 1. The molecule has 27 heavy (non-hydrogen) atoms. The predicted molar refractivity (Wildman–Crippen MR) is 97.9 cm³/mol. The molecular formula is C20H16N2O5. The van der Waals surface area contributed by atoms with Gasteiger partial charge >= 0.3 is 11.9 Å². The van der Waals surface area contributed by atoms with Gasteiger partial charge in [-0.25, -0.2) is 10.2 Å². The van der Waals surface area contributed by atoms with Gasteiger partial charge in [0.1, 0.15) is 18.1 Å². The maximum atomic E-state index is 12.0. The van der Waals surface area contributed by atoms with Crippen LogP contribution in [0.4, 0.5) is 0 Å². The zero-order valence-electron chi connectivity index (χ0n) is 14.2. The number of nitrogens with zero attached hydrogens (tertiary/aromatic N) is 1. The molecule has 0 spiro atoms. The predicted octanol–water partition coefficient (Wildman–Crippen LogP) is 3.32. The molecule has 2 aromatic carbocycles. The molecule has 0 bridgehead atoms. The van der Waals surface area contributed by atoms with Gasteiger partial charge in [-0.15, -0.1) is 0 Å². The van der Waals surface area contributed by atoms with Crippen molar-refractivity contribution < 1.29 is 23.8 Å². The average Bonchev–Trinajstić information content (AvgIpc) is 3.17. The zero-order valence-corrected chi connectivity index (χ0v) is 14.2. The van der Waals surface area contributed by atoms with Crippen LogP contribution in [0.5, 0.6) is 5.75 Å². The van der Waals surface area contributed by atoms with Gasteiger partial charge in [0.2, 0.25) is 0 Å². The summed E-state index contributed by atoms with van der Waals surface area (Å²) in [6, 6.07) is 18.6. The van der Waals surface area contributed by atoms with Crippen molar-refractivity contribution in [2.75, 3.05) is 0 Å². The average molecular weight is 364 g/mol. The summed E-state index contributed by atoms with van der Waals surface area (Å²) in [5.74, 6) is -0.174. The minimum absolute atomic E-state index is 0.111. The molecule has 3 rings (SSSR count). The van der Waals surface area contributed by atoms with Crippen LogP contribution in [0.2, 0.25) is 0 Å². The molecule has 1 amide bonds. The van der Waals surface area contributed by atoms with E-state index in [1.54, 1.807) is 18.2 Å². The van der Waals surface area contributed by atoms with Crippen LogP contribution >= 0.6 is 0 Å². The number of carboxylic acids is 1. The summed E-state index contributed by atoms with van der Waals surface area (Å²) in [5.41, 5.74) is 3.18. The summed E-state index contributed by atoms with van der Waals surface area (Å²) >= 11 is 0. The molecule has 7 heteroatoms. The molecule has 0 aliphatic carbocycles. The third kappa shape index (κ3) is 5.05. The summed E-state index contributed by atoms with van der Waals surface area (Å²) in [4.78, 5) is 22.8. The number of aromatic carboxylic acids is 1. The minimum atomic E-state index is -1.00. The molecule has 0 aliphatic rings. The Morgan fingerprint density at radius 3 is 2.48 bits per heavy atom. The Balaban J connectivity index is 1.52. The van der Waals surface area contributed by atoms with Crippen molar-refractivity contribution in [1.82, 2.24) is 5.43 Å². The highest BCUT2D eigenvalue weighted by atomic mass is 16.5. The van der Waals surface area contributed by atoms with Gasteiger partial charge < -0.3 is 14.3 Å². The van der Waals surface area contributed by atoms with E-state index >= 15 is 0 Å². The van der Waals surface area contributed by atoms with E-state index in [9.17, 15) is 9.59 Å². The summed E-state index contributed by atoms with van der Waals surface area (Å²) in [6.07, 6.45) is 1.41. The lowest BCUT2D eigenvalue weighted by molar-refractivity contribution is 0.0696. The Kier molecular flexibility index (Phi) is 5.64. The van der Waals surface area contributed by atoms with E-state index < -0.39 is 11.9 Å². The van der Waals surface area contributed by atoms with E-state index in [1.165, 1.54) is 24.4 Å². The maximum absolute atomic E-state index is 12.0. The lowest BCUT2D eigenvalue weighted by Crippen LogP contribution is -2.16. The molecule has 0 fully saturated rings. The maximum Gasteiger partial charge on any atom is 0.335 e. The molecule has 0 unspecified atom stereocenters. The highest BCUT2D eigenvalue weighted by Gasteiger charge is 2.10. The van der Waals surface area contributed by atoms with E-state index in [2.05, 4.69) is 10.5 Å². The van der Waals surface area contributed by atoms with Crippen LogP contribution in [-0.4, -0.2) is 23.2 Å². The fraction of sp³-hybridized carbons (Fsp3) is 0.0500. The van der Waals surface area contributed by atoms with Crippen LogP contribution in [0.15, 0.2) is 76.2 Å². The molecule has 2 N–H and O–H groups in total. The van der Waals surface area contributed by atoms with Crippen LogP contribution in [-0.2, 0) is 6.61 Å². The minimum Gasteiger partial charge on any atom is -0.486 e. The van der Waals surface area contributed by atoms with Gasteiger partial charge in [-0.3, -0.25) is 4.79 Å². The second-order valence-electron chi connectivity index (χ2n) is 5.49. The van der Waals surface area contributed by atoms with Crippen molar-refractivity contribution in [3.63, 3.8) is 0 Å². The van der Waals surface area contributed by atoms with Crippen molar-refractivity contribution in [2.24, 2.45) is 5.10 Å². The Morgan fingerprint density at radius 1 is 1.04 bits per heavy atom. The van der Waals surface area contributed by atoms with Gasteiger partial charge in [-0.1, -0.05) is 30.3 Å². The van der Waals surface area contributed by atoms with Crippen LogP contribution < -0.4 is 10.2 Å². The Hall–Kier alpha value is -3.87. The summed E-state index contributed by atoms with van der Waals surface area (Å²) in [6.45, 7) is 0.205. The van der Waals surface area contributed by atoms with Gasteiger partial charge in [0.15, 0.2) is 5.76 Å². The topological polar surface area (TPSA) is 101 Å². The second-order valence-corrected chi connectivity index (χ2v) is 5.49. The normalized spacial score (nSPS) is 10.7. The van der Waals surface area contributed by atoms with Crippen LogP contribution in [0.3, 0.4) is 0 Å². The van der Waals surface area contributed by atoms with E-state index in [0.717, 1.165) is 0 Å². The molecule has 0 radical (unpaired) electrons. The first-order valence-electron chi connectivity index (χ1n) is 8.05. The van der Waals surface area contributed by atoms with Crippen molar-refractivity contribution in [3.8, 4) is 5.75 Å². The Morgan fingerprint density at radius 2 is 1.78 bits per heavy atom. The number of amides is 1. The lowest BCUT2D eigenvalue weighted by atomic mass is 10.1. The van der Waals surface area contributed by atoms with E-state index in [1.807, 2.05) is 30.3 Å². The lowest BCUT2D eigenvalue weighted by Gasteiger charge is -2.03. The molecule has 136 valence electrons. The first kappa shape index (κ1) is 17.9. The number of rotatable bonds is 7. The number of benzene rings is 2. The molecule has 0 atom stereocenters. The van der Waals surface area contributed by atoms with Gasteiger partial charge in [0.05, 0.1) is 11.8 Å². The summed E-state index contributed by atoms with van der Waals surface area (Å²) in [5, 5.41) is 12.7.